The van der Waals surface area contributed by atoms with E-state index in [9.17, 15) is 9.70 Å². The van der Waals surface area contributed by atoms with Gasteiger partial charge in [-0.25, -0.2) is 5.43 Å². The molecule has 5 heteroatoms. The van der Waals surface area contributed by atoms with Gasteiger partial charge in [0.05, 0.1) is 11.3 Å². The van der Waals surface area contributed by atoms with Crippen molar-refractivity contribution in [3.63, 3.8) is 0 Å². The van der Waals surface area contributed by atoms with E-state index in [4.69, 9.17) is 5.73 Å². The van der Waals surface area contributed by atoms with Gasteiger partial charge in [0.15, 0.2) is 0 Å². The number of rotatable bonds is 3. The van der Waals surface area contributed by atoms with Crippen molar-refractivity contribution in [2.24, 2.45) is 16.9 Å². The second kappa shape index (κ2) is 3.94. The van der Waals surface area contributed by atoms with E-state index in [0.29, 0.717) is 0 Å². The molecule has 1 unspecified atom stereocenters. The van der Waals surface area contributed by atoms with E-state index < -0.39 is 11.9 Å². The number of hydrogen-bond donors (Lipinski definition) is 2. The summed E-state index contributed by atoms with van der Waals surface area (Å²) in [5, 5.41) is 2.21. The van der Waals surface area contributed by atoms with Crippen LogP contribution in [-0.4, -0.2) is 11.9 Å². The van der Waals surface area contributed by atoms with Crippen LogP contribution >= 0.6 is 0 Å². The van der Waals surface area contributed by atoms with E-state index in [1.54, 1.807) is 19.3 Å². The third-order valence-electron chi connectivity index (χ3n) is 1.18. The zero-order chi connectivity index (χ0) is 8.15. The third-order valence-corrected chi connectivity index (χ3v) is 1.18. The van der Waals surface area contributed by atoms with Gasteiger partial charge in [0.25, 0.3) is 5.91 Å². The molecule has 0 aromatic carbocycles. The molecule has 0 fully saturated rings. The zero-order valence-corrected chi connectivity index (χ0v) is 6.00. The van der Waals surface area contributed by atoms with Crippen LogP contribution in [0.5, 0.6) is 0 Å². The Morgan fingerprint density at radius 1 is 1.60 bits per heavy atom. The maximum absolute atomic E-state index is 10.7. The normalized spacial score (nSPS) is 12.8. The van der Waals surface area contributed by atoms with Crippen molar-refractivity contribution >= 4 is 5.91 Å². The van der Waals surface area contributed by atoms with Crippen LogP contribution in [0.1, 0.15) is 13.8 Å². The van der Waals surface area contributed by atoms with Crippen LogP contribution in [0.3, 0.4) is 0 Å². The molecule has 0 radical (unpaired) electrons. The highest BCUT2D eigenvalue weighted by Crippen LogP contribution is 1.96. The molecule has 0 aliphatic heterocycles. The molecular weight excluding hydrogens is 134 g/mol. The summed E-state index contributed by atoms with van der Waals surface area (Å²) in [5.74, 6) is -0.522. The topological polar surface area (TPSA) is 84.6 Å². The number of hydrogen-bond acceptors (Lipinski definition) is 4. The van der Waals surface area contributed by atoms with Gasteiger partial charge in [-0.2, -0.15) is 0 Å². The summed E-state index contributed by atoms with van der Waals surface area (Å²) in [6.07, 6.45) is 0. The monoisotopic (exact) mass is 145 g/mol. The van der Waals surface area contributed by atoms with Crippen LogP contribution in [0.4, 0.5) is 0 Å². The van der Waals surface area contributed by atoms with Crippen LogP contribution in [0, 0.1) is 10.8 Å². The molecule has 0 saturated carbocycles. The van der Waals surface area contributed by atoms with Gasteiger partial charge in [0, 0.05) is 0 Å². The molecule has 0 aromatic rings. The molecule has 0 aromatic heterocycles. The molecule has 1 amide bonds. The first-order valence-electron chi connectivity index (χ1n) is 2.97. The van der Waals surface area contributed by atoms with Gasteiger partial charge in [-0.15, -0.1) is 4.91 Å². The van der Waals surface area contributed by atoms with Gasteiger partial charge >= 0.3 is 0 Å². The van der Waals surface area contributed by atoms with Gasteiger partial charge in [-0.1, -0.05) is 13.8 Å². The number of nitrogens with two attached hydrogens (primary N) is 1. The van der Waals surface area contributed by atoms with Crippen LogP contribution < -0.4 is 11.2 Å². The average molecular weight is 145 g/mol. The lowest BCUT2D eigenvalue weighted by Gasteiger charge is -2.11. The van der Waals surface area contributed by atoms with Crippen LogP contribution in [0.2, 0.25) is 0 Å². The summed E-state index contributed by atoms with van der Waals surface area (Å²) in [7, 11) is 0. The zero-order valence-electron chi connectivity index (χ0n) is 6.00. The molecule has 0 heterocycles. The highest BCUT2D eigenvalue weighted by Gasteiger charge is 2.16. The van der Waals surface area contributed by atoms with Crippen molar-refractivity contribution in [2.75, 3.05) is 0 Å². The van der Waals surface area contributed by atoms with Crippen molar-refractivity contribution in [1.29, 1.82) is 0 Å². The molecule has 0 rings (SSSR count). The maximum atomic E-state index is 10.7. The molecule has 10 heavy (non-hydrogen) atoms. The Kier molecular flexibility index (Phi) is 3.56. The maximum Gasteiger partial charge on any atom is 0.259 e. The van der Waals surface area contributed by atoms with E-state index in [0.717, 1.165) is 0 Å². The Hall–Kier alpha value is -0.970. The fourth-order valence-corrected chi connectivity index (χ4v) is 0.422. The molecule has 0 spiro atoms. The quantitative estimate of drug-likeness (QED) is 0.425. The summed E-state index contributed by atoms with van der Waals surface area (Å²) < 4.78 is 0. The summed E-state index contributed by atoms with van der Waals surface area (Å²) in [5.41, 5.74) is 7.07. The SMILES string of the molecule is CC(C)C(N)C(=O)NN=O. The smallest absolute Gasteiger partial charge is 0.259 e. The minimum Gasteiger partial charge on any atom is -0.320 e. The first kappa shape index (κ1) is 9.03. The van der Waals surface area contributed by atoms with Crippen LogP contribution in [0.15, 0.2) is 5.29 Å². The first-order valence-corrected chi connectivity index (χ1v) is 2.97. The Morgan fingerprint density at radius 2 is 2.10 bits per heavy atom. The first-order chi connectivity index (χ1) is 4.59. The van der Waals surface area contributed by atoms with Crippen molar-refractivity contribution in [1.82, 2.24) is 5.43 Å². The molecule has 5 nitrogen and oxygen atoms in total. The largest absolute Gasteiger partial charge is 0.320 e. The predicted molar refractivity (Wildman–Crippen MR) is 36.8 cm³/mol. The van der Waals surface area contributed by atoms with Crippen LogP contribution in [-0.2, 0) is 4.79 Å². The lowest BCUT2D eigenvalue weighted by Crippen LogP contribution is -2.41. The van der Waals surface area contributed by atoms with Gasteiger partial charge < -0.3 is 5.73 Å². The lowest BCUT2D eigenvalue weighted by molar-refractivity contribution is -0.123. The second-order valence-electron chi connectivity index (χ2n) is 2.34. The second-order valence-corrected chi connectivity index (χ2v) is 2.34. The standard InChI is InChI=1S/C5H11N3O2/c1-3(2)4(6)5(9)7-8-10/h3-4H,6H2,1-2H3,(H,7,9,10). The van der Waals surface area contributed by atoms with Gasteiger partial charge in [-0.3, -0.25) is 4.79 Å². The van der Waals surface area contributed by atoms with Crippen LogP contribution in [0.25, 0.3) is 0 Å². The van der Waals surface area contributed by atoms with Gasteiger partial charge in [-0.05, 0) is 5.92 Å². The van der Waals surface area contributed by atoms with E-state index in [1.807, 2.05) is 0 Å². The Morgan fingerprint density at radius 3 is 2.40 bits per heavy atom. The summed E-state index contributed by atoms with van der Waals surface area (Å²) >= 11 is 0. The Balaban J connectivity index is 3.81. The number of carbonyl (C=O) groups excluding carboxylic acids is 1. The van der Waals surface area contributed by atoms with Gasteiger partial charge in [0.2, 0.25) is 0 Å². The Labute approximate surface area is 58.9 Å². The molecule has 0 aliphatic carbocycles. The van der Waals surface area contributed by atoms with E-state index in [-0.39, 0.29) is 5.92 Å². The number of amides is 1. The average Bonchev–Trinajstić information content (AvgIpc) is 1.87. The number of nitrogens with one attached hydrogen (secondary N) is 1. The highest BCUT2D eigenvalue weighted by molar-refractivity contribution is 5.81. The molecule has 1 atom stereocenters. The molecular formula is C5H11N3O2. The van der Waals surface area contributed by atoms with Crippen molar-refractivity contribution in [3.8, 4) is 0 Å². The molecule has 0 aliphatic rings. The molecule has 0 bridgehead atoms. The van der Waals surface area contributed by atoms with Gasteiger partial charge in [0.1, 0.15) is 0 Å². The molecule has 58 valence electrons. The van der Waals surface area contributed by atoms with E-state index >= 15 is 0 Å². The molecule has 0 saturated heterocycles. The Bertz CT molecular complexity index is 135. The minimum atomic E-state index is -0.655. The van der Waals surface area contributed by atoms with Crippen molar-refractivity contribution < 1.29 is 4.79 Å². The number of nitrogens with zero attached hydrogens (tertiary/aromatic N) is 1. The van der Waals surface area contributed by atoms with Crippen molar-refractivity contribution in [2.45, 2.75) is 19.9 Å². The minimum absolute atomic E-state index is 0.0155. The van der Waals surface area contributed by atoms with E-state index in [1.165, 1.54) is 0 Å². The fraction of sp³-hybridized carbons (Fsp3) is 0.800. The van der Waals surface area contributed by atoms with Crippen molar-refractivity contribution in [3.05, 3.63) is 4.91 Å². The third kappa shape index (κ3) is 2.54. The van der Waals surface area contributed by atoms with E-state index in [2.05, 4.69) is 5.29 Å². The summed E-state index contributed by atoms with van der Waals surface area (Å²) in [4.78, 5) is 20.2. The number of nitroso groups, excluding NO2 is 1. The predicted octanol–water partition coefficient (Wildman–Crippen LogP) is -0.233. The molecule has 3 N–H and O–H groups in total. The number of carbonyl (C=O) groups is 1. The lowest BCUT2D eigenvalue weighted by atomic mass is 10.1. The fourth-order valence-electron chi connectivity index (χ4n) is 0.422. The highest BCUT2D eigenvalue weighted by atomic mass is 16.3. The summed E-state index contributed by atoms with van der Waals surface area (Å²) in [6.45, 7) is 3.57. The summed E-state index contributed by atoms with van der Waals surface area (Å²) in [6, 6.07) is -0.655.